The predicted molar refractivity (Wildman–Crippen MR) is 99.2 cm³/mol. The van der Waals surface area contributed by atoms with Gasteiger partial charge in [0.05, 0.1) is 17.3 Å². The van der Waals surface area contributed by atoms with Crippen molar-refractivity contribution in [2.75, 3.05) is 6.54 Å². The molecular weight excluding hydrogens is 348 g/mol. The number of thiophene rings is 1. The van der Waals surface area contributed by atoms with Gasteiger partial charge in [-0.25, -0.2) is 0 Å². The summed E-state index contributed by atoms with van der Waals surface area (Å²) in [6.45, 7) is 3.68. The van der Waals surface area contributed by atoms with Crippen LogP contribution in [0.15, 0.2) is 40.9 Å². The Kier molecular flexibility index (Phi) is 4.81. The van der Waals surface area contributed by atoms with Crippen LogP contribution >= 0.6 is 11.3 Å². The molecule has 3 aromatic rings. The van der Waals surface area contributed by atoms with Crippen LogP contribution in [0, 0.1) is 0 Å². The number of hydrogen-bond acceptors (Lipinski definition) is 6. The molecule has 1 amide bonds. The zero-order chi connectivity index (χ0) is 17.9. The molecule has 0 aliphatic carbocycles. The topological polar surface area (TPSA) is 80.0 Å². The van der Waals surface area contributed by atoms with Gasteiger partial charge in [0.25, 0.3) is 5.91 Å². The zero-order valence-corrected chi connectivity index (χ0v) is 15.3. The summed E-state index contributed by atoms with van der Waals surface area (Å²) in [6, 6.07) is 11.6. The van der Waals surface area contributed by atoms with Crippen molar-refractivity contribution in [1.82, 2.24) is 20.8 Å². The summed E-state index contributed by atoms with van der Waals surface area (Å²) < 4.78 is 5.33. The number of carbonyl (C=O) groups excluding carboxylic acids is 1. The fourth-order valence-electron chi connectivity index (χ4n) is 2.98. The second kappa shape index (κ2) is 7.39. The van der Waals surface area contributed by atoms with Crippen molar-refractivity contribution in [3.05, 3.63) is 69.0 Å². The van der Waals surface area contributed by atoms with Gasteiger partial charge in [-0.2, -0.15) is 4.98 Å². The minimum atomic E-state index is -0.312. The third kappa shape index (κ3) is 3.68. The molecule has 0 radical (unpaired) electrons. The first-order valence-corrected chi connectivity index (χ1v) is 9.50. The Bertz CT molecular complexity index is 880. The molecule has 1 atom stereocenters. The molecule has 3 heterocycles. The minimum Gasteiger partial charge on any atom is -0.341 e. The van der Waals surface area contributed by atoms with E-state index in [1.165, 1.54) is 10.4 Å². The van der Waals surface area contributed by atoms with Crippen LogP contribution in [-0.4, -0.2) is 22.6 Å². The number of nitrogens with one attached hydrogen (secondary N) is 2. The van der Waals surface area contributed by atoms with Crippen molar-refractivity contribution >= 4 is 17.2 Å². The normalized spacial score (nSPS) is 14.7. The Morgan fingerprint density at radius 3 is 3.04 bits per heavy atom. The standard InChI is InChI=1S/C19H20N4O2S/c1-12(18-22-17(25-23-18)9-13-5-3-2-4-6-13)21-19(24)15-10-14-7-8-20-11-16(14)26-15/h2-6,10,12,20H,7-9,11H2,1H3,(H,21,24). The van der Waals surface area contributed by atoms with E-state index in [1.54, 1.807) is 11.3 Å². The van der Waals surface area contributed by atoms with Gasteiger partial charge >= 0.3 is 0 Å². The molecule has 1 aliphatic rings. The van der Waals surface area contributed by atoms with E-state index in [1.807, 2.05) is 43.3 Å². The maximum absolute atomic E-state index is 12.5. The maximum atomic E-state index is 12.5. The summed E-state index contributed by atoms with van der Waals surface area (Å²) in [5.74, 6) is 0.948. The van der Waals surface area contributed by atoms with Crippen molar-refractivity contribution in [2.24, 2.45) is 0 Å². The molecule has 2 N–H and O–H groups in total. The smallest absolute Gasteiger partial charge is 0.261 e. The van der Waals surface area contributed by atoms with E-state index >= 15 is 0 Å². The maximum Gasteiger partial charge on any atom is 0.261 e. The van der Waals surface area contributed by atoms with Crippen LogP contribution in [0.4, 0.5) is 0 Å². The fourth-order valence-corrected chi connectivity index (χ4v) is 4.07. The third-order valence-electron chi connectivity index (χ3n) is 4.39. The van der Waals surface area contributed by atoms with Gasteiger partial charge in [-0.05, 0) is 37.1 Å². The first-order chi connectivity index (χ1) is 12.7. The third-order valence-corrected chi connectivity index (χ3v) is 5.57. The molecule has 0 saturated carbocycles. The molecule has 0 bridgehead atoms. The highest BCUT2D eigenvalue weighted by atomic mass is 32.1. The van der Waals surface area contributed by atoms with Crippen LogP contribution in [0.3, 0.4) is 0 Å². The molecule has 134 valence electrons. The summed E-state index contributed by atoms with van der Waals surface area (Å²) in [5.41, 5.74) is 2.38. The van der Waals surface area contributed by atoms with E-state index in [4.69, 9.17) is 4.52 Å². The summed E-state index contributed by atoms with van der Waals surface area (Å²) in [7, 11) is 0. The SMILES string of the molecule is CC(NC(=O)c1cc2c(s1)CNCC2)c1noc(Cc2ccccc2)n1. The van der Waals surface area contributed by atoms with Gasteiger partial charge < -0.3 is 15.2 Å². The van der Waals surface area contributed by atoms with Gasteiger partial charge in [0.15, 0.2) is 5.82 Å². The van der Waals surface area contributed by atoms with E-state index in [-0.39, 0.29) is 11.9 Å². The summed E-state index contributed by atoms with van der Waals surface area (Å²) in [6.07, 6.45) is 1.56. The molecule has 0 saturated heterocycles. The van der Waals surface area contributed by atoms with Gasteiger partial charge in [0.1, 0.15) is 0 Å². The Balaban J connectivity index is 1.41. The highest BCUT2D eigenvalue weighted by Crippen LogP contribution is 2.25. The van der Waals surface area contributed by atoms with Gasteiger partial charge in [-0.1, -0.05) is 35.5 Å². The zero-order valence-electron chi connectivity index (χ0n) is 14.5. The molecule has 1 aliphatic heterocycles. The molecule has 6 nitrogen and oxygen atoms in total. The van der Waals surface area contributed by atoms with Crippen molar-refractivity contribution in [2.45, 2.75) is 32.4 Å². The van der Waals surface area contributed by atoms with Crippen LogP contribution in [0.25, 0.3) is 0 Å². The van der Waals surface area contributed by atoms with E-state index < -0.39 is 0 Å². The van der Waals surface area contributed by atoms with Crippen LogP contribution < -0.4 is 10.6 Å². The van der Waals surface area contributed by atoms with E-state index in [0.29, 0.717) is 18.1 Å². The van der Waals surface area contributed by atoms with Crippen molar-refractivity contribution in [1.29, 1.82) is 0 Å². The molecule has 1 unspecified atom stereocenters. The monoisotopic (exact) mass is 368 g/mol. The van der Waals surface area contributed by atoms with Crippen LogP contribution in [-0.2, 0) is 19.4 Å². The summed E-state index contributed by atoms with van der Waals surface area (Å²) in [4.78, 5) is 18.9. The predicted octanol–water partition coefficient (Wildman–Crippen LogP) is 2.86. The first-order valence-electron chi connectivity index (χ1n) is 8.68. The Morgan fingerprint density at radius 1 is 1.38 bits per heavy atom. The van der Waals surface area contributed by atoms with Crippen LogP contribution in [0.2, 0.25) is 0 Å². The highest BCUT2D eigenvalue weighted by Gasteiger charge is 2.21. The van der Waals surface area contributed by atoms with Gasteiger partial charge in [0, 0.05) is 11.4 Å². The lowest BCUT2D eigenvalue weighted by molar-refractivity contribution is 0.0942. The van der Waals surface area contributed by atoms with Gasteiger partial charge in [-0.15, -0.1) is 11.3 Å². The lowest BCUT2D eigenvalue weighted by Crippen LogP contribution is -2.26. The number of rotatable bonds is 5. The number of nitrogens with zero attached hydrogens (tertiary/aromatic N) is 2. The van der Waals surface area contributed by atoms with Gasteiger partial charge in [-0.3, -0.25) is 4.79 Å². The van der Waals surface area contributed by atoms with Crippen LogP contribution in [0.1, 0.15) is 50.4 Å². The lowest BCUT2D eigenvalue weighted by Gasteiger charge is -2.10. The molecule has 4 rings (SSSR count). The Morgan fingerprint density at radius 2 is 2.23 bits per heavy atom. The van der Waals surface area contributed by atoms with Crippen LogP contribution in [0.5, 0.6) is 0 Å². The van der Waals surface area contributed by atoms with E-state index in [9.17, 15) is 4.79 Å². The van der Waals surface area contributed by atoms with Crippen molar-refractivity contribution in [3.63, 3.8) is 0 Å². The van der Waals surface area contributed by atoms with E-state index in [2.05, 4.69) is 20.8 Å². The summed E-state index contributed by atoms with van der Waals surface area (Å²) in [5, 5.41) is 10.3. The minimum absolute atomic E-state index is 0.0914. The number of hydrogen-bond donors (Lipinski definition) is 2. The Hall–Kier alpha value is -2.51. The molecule has 2 aromatic heterocycles. The molecule has 7 heteroatoms. The quantitative estimate of drug-likeness (QED) is 0.724. The number of benzene rings is 1. The van der Waals surface area contributed by atoms with Crippen molar-refractivity contribution in [3.8, 4) is 0 Å². The summed E-state index contributed by atoms with van der Waals surface area (Å²) >= 11 is 1.55. The number of carbonyl (C=O) groups is 1. The highest BCUT2D eigenvalue weighted by molar-refractivity contribution is 7.14. The number of amides is 1. The fraction of sp³-hybridized carbons (Fsp3) is 0.316. The van der Waals surface area contributed by atoms with Gasteiger partial charge in [0.2, 0.25) is 5.89 Å². The molecule has 0 fully saturated rings. The first kappa shape index (κ1) is 16.9. The molecule has 26 heavy (non-hydrogen) atoms. The average molecular weight is 368 g/mol. The largest absolute Gasteiger partial charge is 0.341 e. The average Bonchev–Trinajstić information content (AvgIpc) is 3.29. The second-order valence-electron chi connectivity index (χ2n) is 6.39. The lowest BCUT2D eigenvalue weighted by atomic mass is 10.1. The van der Waals surface area contributed by atoms with Crippen molar-refractivity contribution < 1.29 is 9.32 Å². The molecular formula is C19H20N4O2S. The number of fused-ring (bicyclic) bond motifs is 1. The Labute approximate surface area is 155 Å². The molecule has 1 aromatic carbocycles. The molecule has 0 spiro atoms. The second-order valence-corrected chi connectivity index (χ2v) is 7.53. The number of aromatic nitrogens is 2. The van der Waals surface area contributed by atoms with E-state index in [0.717, 1.165) is 30.0 Å².